The fourth-order valence-corrected chi connectivity index (χ4v) is 4.02. The van der Waals surface area contributed by atoms with Crippen molar-refractivity contribution in [1.29, 1.82) is 0 Å². The van der Waals surface area contributed by atoms with Crippen molar-refractivity contribution >= 4 is 35.5 Å². The molecular weight excluding hydrogens is 510 g/mol. The summed E-state index contributed by atoms with van der Waals surface area (Å²) in [5.41, 5.74) is 0. The predicted octanol–water partition coefficient (Wildman–Crippen LogP) is -0.640. The first-order valence-electron chi connectivity index (χ1n) is 13.6. The van der Waals surface area contributed by atoms with Gasteiger partial charge in [0, 0.05) is 7.05 Å². The fourth-order valence-electron chi connectivity index (χ4n) is 4.02. The first-order chi connectivity index (χ1) is 18.4. The van der Waals surface area contributed by atoms with Crippen LogP contribution in [0.2, 0.25) is 0 Å². The Morgan fingerprint density at radius 2 is 1.59 bits per heavy atom. The van der Waals surface area contributed by atoms with E-state index in [1.54, 1.807) is 0 Å². The van der Waals surface area contributed by atoms with Gasteiger partial charge >= 0.3 is 5.97 Å². The van der Waals surface area contributed by atoms with Crippen molar-refractivity contribution in [2.45, 2.75) is 96.9 Å². The molecule has 39 heavy (non-hydrogen) atoms. The molecule has 1 aliphatic rings. The Kier molecular flexibility index (Phi) is 15.1. The van der Waals surface area contributed by atoms with Crippen molar-refractivity contribution in [3.05, 3.63) is 0 Å². The van der Waals surface area contributed by atoms with E-state index in [1.807, 2.05) is 20.8 Å². The zero-order chi connectivity index (χ0) is 29.5. The first-order valence-corrected chi connectivity index (χ1v) is 13.6. The maximum atomic E-state index is 12.9. The van der Waals surface area contributed by atoms with Crippen LogP contribution in [0.1, 0.15) is 72.6 Å². The summed E-state index contributed by atoms with van der Waals surface area (Å²) in [6, 6.07) is -3.31. The number of esters is 1. The minimum Gasteiger partial charge on any atom is -0.464 e. The quantitative estimate of drug-likeness (QED) is 0.193. The third-order valence-corrected chi connectivity index (χ3v) is 6.32. The molecule has 0 aromatic rings. The van der Waals surface area contributed by atoms with Crippen molar-refractivity contribution in [1.82, 2.24) is 26.2 Å². The summed E-state index contributed by atoms with van der Waals surface area (Å²) in [4.78, 5) is 77.3. The van der Waals surface area contributed by atoms with Gasteiger partial charge in [-0.05, 0) is 25.7 Å². The first kappa shape index (κ1) is 33.8. The Morgan fingerprint density at radius 1 is 0.923 bits per heavy atom. The molecule has 1 saturated heterocycles. The Hall–Kier alpha value is -3.22. The molecule has 1 rings (SSSR count). The molecule has 1 aliphatic heterocycles. The van der Waals surface area contributed by atoms with E-state index in [9.17, 15) is 33.9 Å². The lowest BCUT2D eigenvalue weighted by molar-refractivity contribution is -0.150. The topological polar surface area (TPSA) is 183 Å². The Morgan fingerprint density at radius 3 is 2.21 bits per heavy atom. The van der Waals surface area contributed by atoms with Crippen LogP contribution in [0.15, 0.2) is 0 Å². The van der Waals surface area contributed by atoms with Gasteiger partial charge in [0.2, 0.25) is 29.5 Å². The fraction of sp³-hybridized carbons (Fsp3) is 0.769. The molecule has 3 unspecified atom stereocenters. The number of ether oxygens (including phenoxy) is 1. The van der Waals surface area contributed by atoms with Crippen molar-refractivity contribution in [3.8, 4) is 0 Å². The number of aliphatic hydroxyl groups excluding tert-OH is 1. The number of rotatable bonds is 8. The third kappa shape index (κ3) is 12.5. The Balaban J connectivity index is 3.17. The standard InChI is InChI=1S/C26H45N5O8/c1-6-7-8-9-10-18-26(38)39-12-11-22(35)31(5)19(13-16(2)3)24(36)28-14-20(33)27-15-21(34)30-23(17(4)32)25(37)29-18/h16-19,23,32H,6-15H2,1-5H3,(H,27,33)(H,28,36)(H,29,37)(H,30,34)/t17-,18?,19?,23?/m0/s1. The van der Waals surface area contributed by atoms with Crippen molar-refractivity contribution in [3.63, 3.8) is 0 Å². The number of amides is 5. The van der Waals surface area contributed by atoms with Crippen LogP contribution in [0.25, 0.3) is 0 Å². The SMILES string of the molecule is CCCCCCC1NC(=O)C([C@H](C)O)NC(=O)CNC(=O)CNC(=O)C(CC(C)C)N(C)C(=O)CCOC1=O. The summed E-state index contributed by atoms with van der Waals surface area (Å²) >= 11 is 0. The average Bonchev–Trinajstić information content (AvgIpc) is 2.87. The third-order valence-electron chi connectivity index (χ3n) is 6.32. The van der Waals surface area contributed by atoms with Crippen LogP contribution in [0.4, 0.5) is 0 Å². The number of carbonyl (C=O) groups is 6. The molecule has 0 aromatic carbocycles. The van der Waals surface area contributed by atoms with Crippen LogP contribution < -0.4 is 21.3 Å². The number of carbonyl (C=O) groups excluding carboxylic acids is 6. The zero-order valence-corrected chi connectivity index (χ0v) is 23.7. The summed E-state index contributed by atoms with van der Waals surface area (Å²) in [5, 5.41) is 19.8. The van der Waals surface area contributed by atoms with Crippen LogP contribution in [-0.4, -0.2) is 96.5 Å². The van der Waals surface area contributed by atoms with Gasteiger partial charge in [-0.1, -0.05) is 46.5 Å². The summed E-state index contributed by atoms with van der Waals surface area (Å²) < 4.78 is 5.31. The van der Waals surface area contributed by atoms with Gasteiger partial charge in [0.05, 0.1) is 25.6 Å². The maximum absolute atomic E-state index is 12.9. The maximum Gasteiger partial charge on any atom is 0.328 e. The summed E-state index contributed by atoms with van der Waals surface area (Å²) in [6.07, 6.45) is 2.48. The molecule has 13 heteroatoms. The van der Waals surface area contributed by atoms with Gasteiger partial charge < -0.3 is 36.0 Å². The summed E-state index contributed by atoms with van der Waals surface area (Å²) in [7, 11) is 1.47. The van der Waals surface area contributed by atoms with E-state index in [0.717, 1.165) is 19.3 Å². The number of cyclic esters (lactones) is 1. The molecule has 0 bridgehead atoms. The van der Waals surface area contributed by atoms with Gasteiger partial charge in [-0.25, -0.2) is 4.79 Å². The molecule has 4 atom stereocenters. The zero-order valence-electron chi connectivity index (χ0n) is 23.7. The number of nitrogens with one attached hydrogen (secondary N) is 4. The molecule has 5 N–H and O–H groups in total. The minimum absolute atomic E-state index is 0.0619. The van der Waals surface area contributed by atoms with E-state index in [1.165, 1.54) is 18.9 Å². The van der Waals surface area contributed by atoms with Crippen LogP contribution in [0.3, 0.4) is 0 Å². The number of hydrogen-bond donors (Lipinski definition) is 5. The monoisotopic (exact) mass is 555 g/mol. The lowest BCUT2D eigenvalue weighted by atomic mass is 10.0. The van der Waals surface area contributed by atoms with Crippen LogP contribution in [-0.2, 0) is 33.5 Å². The van der Waals surface area contributed by atoms with Crippen molar-refractivity contribution in [2.75, 3.05) is 26.7 Å². The van der Waals surface area contributed by atoms with Crippen LogP contribution in [0, 0.1) is 5.92 Å². The second kappa shape index (κ2) is 17.4. The molecule has 222 valence electrons. The number of nitrogens with zero attached hydrogens (tertiary/aromatic N) is 1. The lowest BCUT2D eigenvalue weighted by Crippen LogP contribution is -2.57. The van der Waals surface area contributed by atoms with E-state index in [0.29, 0.717) is 12.8 Å². The van der Waals surface area contributed by atoms with Crippen molar-refractivity contribution < 1.29 is 38.6 Å². The molecule has 0 spiro atoms. The second-order valence-electron chi connectivity index (χ2n) is 10.3. The van der Waals surface area contributed by atoms with Gasteiger partial charge in [0.25, 0.3) is 0 Å². The minimum atomic E-state index is -1.39. The molecule has 0 aliphatic carbocycles. The average molecular weight is 556 g/mol. The van der Waals surface area contributed by atoms with Gasteiger partial charge in [0.15, 0.2) is 0 Å². The molecule has 1 heterocycles. The van der Waals surface area contributed by atoms with E-state index >= 15 is 0 Å². The lowest BCUT2D eigenvalue weighted by Gasteiger charge is -2.28. The van der Waals surface area contributed by atoms with Gasteiger partial charge in [-0.3, -0.25) is 24.0 Å². The summed E-state index contributed by atoms with van der Waals surface area (Å²) in [6.45, 7) is 5.92. The highest BCUT2D eigenvalue weighted by molar-refractivity contribution is 5.94. The second-order valence-corrected chi connectivity index (χ2v) is 10.3. The molecule has 1 fully saturated rings. The Labute approximate surface area is 230 Å². The Bertz CT molecular complexity index is 863. The van der Waals surface area contributed by atoms with E-state index < -0.39 is 72.8 Å². The van der Waals surface area contributed by atoms with Crippen molar-refractivity contribution in [2.24, 2.45) is 5.92 Å². The molecule has 13 nitrogen and oxygen atoms in total. The molecular formula is C26H45N5O8. The van der Waals surface area contributed by atoms with Gasteiger partial charge in [-0.2, -0.15) is 0 Å². The van der Waals surface area contributed by atoms with E-state index in [4.69, 9.17) is 4.74 Å². The highest BCUT2D eigenvalue weighted by Gasteiger charge is 2.32. The predicted molar refractivity (Wildman–Crippen MR) is 142 cm³/mol. The summed E-state index contributed by atoms with van der Waals surface area (Å²) in [5.74, 6) is -3.85. The van der Waals surface area contributed by atoms with E-state index in [-0.39, 0.29) is 25.4 Å². The number of unbranched alkanes of at least 4 members (excludes halogenated alkanes) is 3. The van der Waals surface area contributed by atoms with Crippen LogP contribution in [0.5, 0.6) is 0 Å². The molecule has 0 saturated carbocycles. The molecule has 0 aromatic heterocycles. The largest absolute Gasteiger partial charge is 0.464 e. The number of likely N-dealkylation sites (N-methyl/N-ethyl adjacent to an activating group) is 1. The van der Waals surface area contributed by atoms with Gasteiger partial charge in [-0.15, -0.1) is 0 Å². The highest BCUT2D eigenvalue weighted by atomic mass is 16.5. The highest BCUT2D eigenvalue weighted by Crippen LogP contribution is 2.13. The molecule has 0 radical (unpaired) electrons. The smallest absolute Gasteiger partial charge is 0.328 e. The van der Waals surface area contributed by atoms with E-state index in [2.05, 4.69) is 21.3 Å². The normalized spacial score (nSPS) is 24.0. The number of hydrogen-bond acceptors (Lipinski definition) is 8. The number of aliphatic hydroxyl groups is 1. The van der Waals surface area contributed by atoms with Gasteiger partial charge in [0.1, 0.15) is 24.7 Å². The van der Waals surface area contributed by atoms with Crippen LogP contribution >= 0.6 is 0 Å². The molecule has 5 amide bonds.